The SMILES string of the molecule is COC[C@@H]1CCN(C(=O)c2cn(CCCc3ccccc3)nn2)C1. The minimum atomic E-state index is -0.0251. The van der Waals surface area contributed by atoms with Crippen molar-refractivity contribution in [2.24, 2.45) is 5.92 Å². The summed E-state index contributed by atoms with van der Waals surface area (Å²) in [4.78, 5) is 14.3. The molecule has 6 nitrogen and oxygen atoms in total. The summed E-state index contributed by atoms with van der Waals surface area (Å²) in [5.41, 5.74) is 1.75. The van der Waals surface area contributed by atoms with Gasteiger partial charge in [-0.2, -0.15) is 0 Å². The summed E-state index contributed by atoms with van der Waals surface area (Å²) in [5, 5.41) is 8.14. The Morgan fingerprint density at radius 2 is 2.17 bits per heavy atom. The average Bonchev–Trinajstić information content (AvgIpc) is 3.25. The van der Waals surface area contributed by atoms with E-state index in [-0.39, 0.29) is 5.91 Å². The summed E-state index contributed by atoms with van der Waals surface area (Å²) in [6.07, 6.45) is 4.72. The molecule has 1 fully saturated rings. The topological polar surface area (TPSA) is 60.2 Å². The fraction of sp³-hybridized carbons (Fsp3) is 0.500. The molecule has 0 radical (unpaired) electrons. The minimum absolute atomic E-state index is 0.0251. The van der Waals surface area contributed by atoms with E-state index in [4.69, 9.17) is 4.74 Å². The highest BCUT2D eigenvalue weighted by Crippen LogP contribution is 2.18. The van der Waals surface area contributed by atoms with Gasteiger partial charge >= 0.3 is 0 Å². The van der Waals surface area contributed by atoms with Crippen molar-refractivity contribution in [2.45, 2.75) is 25.8 Å². The Bertz CT molecular complexity index is 656. The third-order valence-electron chi connectivity index (χ3n) is 4.43. The van der Waals surface area contributed by atoms with Gasteiger partial charge in [-0.15, -0.1) is 5.10 Å². The lowest BCUT2D eigenvalue weighted by Gasteiger charge is -2.14. The van der Waals surface area contributed by atoms with Gasteiger partial charge in [0.1, 0.15) is 0 Å². The van der Waals surface area contributed by atoms with Crippen LogP contribution in [0.5, 0.6) is 0 Å². The number of rotatable bonds is 7. The second-order valence-electron chi connectivity index (χ2n) is 6.32. The molecule has 1 aromatic heterocycles. The van der Waals surface area contributed by atoms with Gasteiger partial charge in [0, 0.05) is 32.7 Å². The van der Waals surface area contributed by atoms with Crippen LogP contribution in [0.2, 0.25) is 0 Å². The fourth-order valence-corrected chi connectivity index (χ4v) is 3.15. The lowest BCUT2D eigenvalue weighted by molar-refractivity contribution is 0.0769. The van der Waals surface area contributed by atoms with Gasteiger partial charge in [0.25, 0.3) is 5.91 Å². The number of amides is 1. The van der Waals surface area contributed by atoms with Gasteiger partial charge in [-0.3, -0.25) is 9.48 Å². The van der Waals surface area contributed by atoms with Gasteiger partial charge in [-0.25, -0.2) is 0 Å². The molecule has 1 amide bonds. The van der Waals surface area contributed by atoms with Gasteiger partial charge in [-0.1, -0.05) is 35.5 Å². The Kier molecular flexibility index (Phi) is 5.59. The monoisotopic (exact) mass is 328 g/mol. The highest BCUT2D eigenvalue weighted by Gasteiger charge is 2.28. The first kappa shape index (κ1) is 16.6. The van der Waals surface area contributed by atoms with E-state index in [1.807, 2.05) is 11.0 Å². The fourth-order valence-electron chi connectivity index (χ4n) is 3.15. The number of likely N-dealkylation sites (tertiary alicyclic amines) is 1. The summed E-state index contributed by atoms with van der Waals surface area (Å²) in [7, 11) is 1.70. The normalized spacial score (nSPS) is 17.4. The zero-order valence-electron chi connectivity index (χ0n) is 14.1. The standard InChI is InChI=1S/C18H24N4O2/c1-24-14-16-9-11-21(12-16)18(23)17-13-22(20-19-17)10-5-8-15-6-3-2-4-7-15/h2-4,6-7,13,16H,5,8-12,14H2,1H3/t16-/m1/s1. The van der Waals surface area contributed by atoms with E-state index < -0.39 is 0 Å². The van der Waals surface area contributed by atoms with E-state index in [2.05, 4.69) is 34.6 Å². The van der Waals surface area contributed by atoms with Crippen LogP contribution in [-0.4, -0.2) is 52.6 Å². The lowest BCUT2D eigenvalue weighted by Crippen LogP contribution is -2.29. The molecule has 0 N–H and O–H groups in total. The minimum Gasteiger partial charge on any atom is -0.384 e. The Morgan fingerprint density at radius 1 is 1.33 bits per heavy atom. The molecule has 1 aliphatic heterocycles. The van der Waals surface area contributed by atoms with Crippen LogP contribution in [0.25, 0.3) is 0 Å². The van der Waals surface area contributed by atoms with Crippen molar-refractivity contribution in [3.8, 4) is 0 Å². The first-order valence-electron chi connectivity index (χ1n) is 8.48. The number of aryl methyl sites for hydroxylation is 2. The maximum absolute atomic E-state index is 12.5. The maximum atomic E-state index is 12.5. The number of hydrogen-bond donors (Lipinski definition) is 0. The van der Waals surface area contributed by atoms with Crippen LogP contribution in [0, 0.1) is 5.92 Å². The first-order valence-corrected chi connectivity index (χ1v) is 8.48. The first-order chi connectivity index (χ1) is 11.8. The predicted molar refractivity (Wildman–Crippen MR) is 90.7 cm³/mol. The number of ether oxygens (including phenoxy) is 1. The molecule has 0 aliphatic carbocycles. The van der Waals surface area contributed by atoms with Crippen molar-refractivity contribution in [2.75, 3.05) is 26.8 Å². The van der Waals surface area contributed by atoms with E-state index in [0.717, 1.165) is 38.9 Å². The molecule has 3 rings (SSSR count). The van der Waals surface area contributed by atoms with Crippen LogP contribution in [-0.2, 0) is 17.7 Å². The van der Waals surface area contributed by atoms with Crippen LogP contribution >= 0.6 is 0 Å². The van der Waals surface area contributed by atoms with Crippen molar-refractivity contribution < 1.29 is 9.53 Å². The van der Waals surface area contributed by atoms with Crippen molar-refractivity contribution >= 4 is 5.91 Å². The van der Waals surface area contributed by atoms with Crippen LogP contribution in [0.1, 0.15) is 28.9 Å². The summed E-state index contributed by atoms with van der Waals surface area (Å²) in [6, 6.07) is 10.4. The predicted octanol–water partition coefficient (Wildman–Crippen LogP) is 2.02. The molecule has 24 heavy (non-hydrogen) atoms. The molecule has 0 bridgehead atoms. The largest absolute Gasteiger partial charge is 0.384 e. The lowest BCUT2D eigenvalue weighted by atomic mass is 10.1. The second-order valence-corrected chi connectivity index (χ2v) is 6.32. The molecule has 1 saturated heterocycles. The van der Waals surface area contributed by atoms with Crippen LogP contribution in [0.3, 0.4) is 0 Å². The van der Waals surface area contributed by atoms with Crippen LogP contribution in [0.4, 0.5) is 0 Å². The number of nitrogens with zero attached hydrogens (tertiary/aromatic N) is 4. The summed E-state index contributed by atoms with van der Waals surface area (Å²) in [6.45, 7) is 2.98. The number of aromatic nitrogens is 3. The molecule has 2 aromatic rings. The van der Waals surface area contributed by atoms with Crippen LogP contribution < -0.4 is 0 Å². The Hall–Kier alpha value is -2.21. The highest BCUT2D eigenvalue weighted by atomic mass is 16.5. The molecule has 128 valence electrons. The van der Waals surface area contributed by atoms with E-state index in [9.17, 15) is 4.79 Å². The van der Waals surface area contributed by atoms with E-state index in [1.54, 1.807) is 18.0 Å². The molecule has 2 heterocycles. The van der Waals surface area contributed by atoms with Gasteiger partial charge < -0.3 is 9.64 Å². The third-order valence-corrected chi connectivity index (χ3v) is 4.43. The van der Waals surface area contributed by atoms with Crippen molar-refractivity contribution in [1.82, 2.24) is 19.9 Å². The zero-order valence-corrected chi connectivity index (χ0v) is 14.1. The van der Waals surface area contributed by atoms with E-state index in [0.29, 0.717) is 18.2 Å². The van der Waals surface area contributed by atoms with Gasteiger partial charge in [0.15, 0.2) is 5.69 Å². The summed E-state index contributed by atoms with van der Waals surface area (Å²) >= 11 is 0. The van der Waals surface area contributed by atoms with Gasteiger partial charge in [0.2, 0.25) is 0 Å². The van der Waals surface area contributed by atoms with Crippen molar-refractivity contribution in [3.05, 3.63) is 47.8 Å². The molecular formula is C18H24N4O2. The Morgan fingerprint density at radius 3 is 2.96 bits per heavy atom. The highest BCUT2D eigenvalue weighted by molar-refractivity contribution is 5.92. The Labute approximate surface area is 142 Å². The molecule has 0 saturated carbocycles. The van der Waals surface area contributed by atoms with Crippen molar-refractivity contribution in [3.63, 3.8) is 0 Å². The molecule has 0 unspecified atom stereocenters. The van der Waals surface area contributed by atoms with E-state index >= 15 is 0 Å². The number of benzene rings is 1. The zero-order chi connectivity index (χ0) is 16.8. The second kappa shape index (κ2) is 8.06. The molecule has 1 aromatic carbocycles. The van der Waals surface area contributed by atoms with Crippen molar-refractivity contribution in [1.29, 1.82) is 0 Å². The number of methoxy groups -OCH3 is 1. The van der Waals surface area contributed by atoms with E-state index in [1.165, 1.54) is 5.56 Å². The maximum Gasteiger partial charge on any atom is 0.276 e. The molecular weight excluding hydrogens is 304 g/mol. The Balaban J connectivity index is 1.49. The quantitative estimate of drug-likeness (QED) is 0.780. The molecule has 1 aliphatic rings. The van der Waals surface area contributed by atoms with Gasteiger partial charge in [0.05, 0.1) is 12.8 Å². The summed E-state index contributed by atoms with van der Waals surface area (Å²) in [5.74, 6) is 0.405. The van der Waals surface area contributed by atoms with Gasteiger partial charge in [-0.05, 0) is 24.8 Å². The third kappa shape index (κ3) is 4.20. The molecule has 6 heteroatoms. The smallest absolute Gasteiger partial charge is 0.276 e. The number of carbonyl (C=O) groups excluding carboxylic acids is 1. The molecule has 1 atom stereocenters. The average molecular weight is 328 g/mol. The summed E-state index contributed by atoms with van der Waals surface area (Å²) < 4.78 is 6.94. The molecule has 0 spiro atoms. The number of hydrogen-bond acceptors (Lipinski definition) is 4. The number of carbonyl (C=O) groups is 1. The van der Waals surface area contributed by atoms with Crippen LogP contribution in [0.15, 0.2) is 36.5 Å².